The molecule has 1 heterocycles. The summed E-state index contributed by atoms with van der Waals surface area (Å²) in [5.41, 5.74) is 0.258. The molecule has 3 rings (SSSR count). The number of halogens is 1. The third kappa shape index (κ3) is 4.86. The van der Waals surface area contributed by atoms with E-state index < -0.39 is 29.4 Å². The van der Waals surface area contributed by atoms with E-state index in [1.165, 1.54) is 24.3 Å². The van der Waals surface area contributed by atoms with Crippen molar-refractivity contribution in [3.63, 3.8) is 0 Å². The predicted molar refractivity (Wildman–Crippen MR) is 110 cm³/mol. The number of nitrogens with zero attached hydrogens (tertiary/aromatic N) is 1. The quantitative estimate of drug-likeness (QED) is 0.585. The molecule has 0 bridgehead atoms. The molecule has 2 atom stereocenters. The van der Waals surface area contributed by atoms with Gasteiger partial charge in [0, 0.05) is 0 Å². The minimum absolute atomic E-state index is 0.00946. The van der Waals surface area contributed by atoms with E-state index in [1.54, 1.807) is 0 Å². The van der Waals surface area contributed by atoms with Gasteiger partial charge in [-0.25, -0.2) is 9.18 Å². The highest BCUT2D eigenvalue weighted by Gasteiger charge is 2.52. The van der Waals surface area contributed by atoms with Crippen molar-refractivity contribution >= 4 is 11.9 Å². The number of aliphatic hydroxyl groups is 1. The van der Waals surface area contributed by atoms with Gasteiger partial charge in [0.15, 0.2) is 0 Å². The first-order valence-electron chi connectivity index (χ1n) is 10.2. The molecule has 0 radical (unpaired) electrons. The summed E-state index contributed by atoms with van der Waals surface area (Å²) < 4.78 is 18.9. The third-order valence-corrected chi connectivity index (χ3v) is 5.23. The molecule has 2 aromatic carbocycles. The number of imide groups is 1. The second-order valence-corrected chi connectivity index (χ2v) is 7.52. The van der Waals surface area contributed by atoms with Crippen molar-refractivity contribution in [1.82, 2.24) is 10.2 Å². The summed E-state index contributed by atoms with van der Waals surface area (Å²) in [5.74, 6) is -0.848. The SMILES string of the molecule is CCCCC1(c2ccc(F)cc2)NC(=O)N(CC(O)COCc2ccccc2)C1=O. The second kappa shape index (κ2) is 9.82. The van der Waals surface area contributed by atoms with E-state index in [-0.39, 0.29) is 13.2 Å². The smallest absolute Gasteiger partial charge is 0.325 e. The van der Waals surface area contributed by atoms with Gasteiger partial charge >= 0.3 is 6.03 Å². The molecule has 2 aromatic rings. The molecule has 0 spiro atoms. The maximum Gasteiger partial charge on any atom is 0.325 e. The monoisotopic (exact) mass is 414 g/mol. The molecule has 0 aromatic heterocycles. The zero-order valence-corrected chi connectivity index (χ0v) is 17.0. The second-order valence-electron chi connectivity index (χ2n) is 7.52. The molecule has 3 amide bonds. The molecule has 7 heteroatoms. The number of nitrogens with one attached hydrogen (secondary N) is 1. The zero-order chi connectivity index (χ0) is 21.6. The van der Waals surface area contributed by atoms with Crippen LogP contribution >= 0.6 is 0 Å². The van der Waals surface area contributed by atoms with Crippen molar-refractivity contribution < 1.29 is 23.8 Å². The Morgan fingerprint density at radius 1 is 1.13 bits per heavy atom. The zero-order valence-electron chi connectivity index (χ0n) is 17.0. The molecule has 1 aliphatic rings. The van der Waals surface area contributed by atoms with E-state index in [2.05, 4.69) is 5.32 Å². The molecule has 30 heavy (non-hydrogen) atoms. The van der Waals surface area contributed by atoms with Crippen LogP contribution in [-0.4, -0.2) is 41.2 Å². The van der Waals surface area contributed by atoms with Crippen LogP contribution in [-0.2, 0) is 21.7 Å². The van der Waals surface area contributed by atoms with Gasteiger partial charge in [-0.3, -0.25) is 9.69 Å². The minimum atomic E-state index is -1.24. The molecular weight excluding hydrogens is 387 g/mol. The Morgan fingerprint density at radius 2 is 1.83 bits per heavy atom. The molecule has 1 fully saturated rings. The third-order valence-electron chi connectivity index (χ3n) is 5.23. The van der Waals surface area contributed by atoms with Gasteiger partial charge in [0.05, 0.1) is 25.9 Å². The van der Waals surface area contributed by atoms with E-state index in [0.717, 1.165) is 16.9 Å². The van der Waals surface area contributed by atoms with Crippen molar-refractivity contribution in [2.45, 2.75) is 44.4 Å². The van der Waals surface area contributed by atoms with Crippen LogP contribution < -0.4 is 5.32 Å². The Kier molecular flexibility index (Phi) is 7.18. The summed E-state index contributed by atoms with van der Waals surface area (Å²) in [7, 11) is 0. The topological polar surface area (TPSA) is 78.9 Å². The van der Waals surface area contributed by atoms with Crippen molar-refractivity contribution in [3.05, 3.63) is 71.5 Å². The molecule has 6 nitrogen and oxygen atoms in total. The number of hydrogen-bond acceptors (Lipinski definition) is 4. The van der Waals surface area contributed by atoms with Crippen molar-refractivity contribution in [3.8, 4) is 0 Å². The van der Waals surface area contributed by atoms with Crippen LogP contribution in [0.15, 0.2) is 54.6 Å². The first-order valence-corrected chi connectivity index (χ1v) is 10.2. The first-order chi connectivity index (χ1) is 14.5. The van der Waals surface area contributed by atoms with Gasteiger partial charge in [-0.15, -0.1) is 0 Å². The summed E-state index contributed by atoms with van der Waals surface area (Å²) in [4.78, 5) is 26.9. The summed E-state index contributed by atoms with van der Waals surface area (Å²) in [6.07, 6.45) is 0.928. The van der Waals surface area contributed by atoms with E-state index in [0.29, 0.717) is 25.0 Å². The van der Waals surface area contributed by atoms with Gasteiger partial charge in [-0.2, -0.15) is 0 Å². The number of hydrogen-bond donors (Lipinski definition) is 2. The van der Waals surface area contributed by atoms with E-state index in [4.69, 9.17) is 4.74 Å². The van der Waals surface area contributed by atoms with E-state index >= 15 is 0 Å². The summed E-state index contributed by atoms with van der Waals surface area (Å²) in [5, 5.41) is 13.1. The van der Waals surface area contributed by atoms with Crippen LogP contribution in [0, 0.1) is 5.82 Å². The highest BCUT2D eigenvalue weighted by molar-refractivity contribution is 6.07. The number of urea groups is 1. The summed E-state index contributed by atoms with van der Waals surface area (Å²) in [6.45, 7) is 2.14. The number of ether oxygens (including phenoxy) is 1. The standard InChI is InChI=1S/C23H27FN2O4/c1-2-3-13-23(18-9-11-19(24)12-10-18)21(28)26(22(29)25-23)14-20(27)16-30-15-17-7-5-4-6-8-17/h4-12,20,27H,2-3,13-16H2,1H3,(H,25,29). The van der Waals surface area contributed by atoms with Gasteiger partial charge in [-0.05, 0) is 29.7 Å². The maximum atomic E-state index is 13.4. The van der Waals surface area contributed by atoms with Crippen LogP contribution in [0.2, 0.25) is 0 Å². The van der Waals surface area contributed by atoms with E-state index in [9.17, 15) is 19.1 Å². The van der Waals surface area contributed by atoms with Gasteiger partial charge in [0.25, 0.3) is 5.91 Å². The van der Waals surface area contributed by atoms with Gasteiger partial charge < -0.3 is 15.2 Å². The highest BCUT2D eigenvalue weighted by Crippen LogP contribution is 2.34. The average Bonchev–Trinajstić information content (AvgIpc) is 2.98. The number of rotatable bonds is 10. The number of carbonyl (C=O) groups is 2. The lowest BCUT2D eigenvalue weighted by molar-refractivity contribution is -0.133. The molecule has 160 valence electrons. The maximum absolute atomic E-state index is 13.4. The molecule has 0 saturated carbocycles. The van der Waals surface area contributed by atoms with Crippen LogP contribution in [0.3, 0.4) is 0 Å². The molecule has 2 N–H and O–H groups in total. The molecule has 1 saturated heterocycles. The van der Waals surface area contributed by atoms with E-state index in [1.807, 2.05) is 37.3 Å². The number of β-amino-alcohol motifs (C(OH)–C–C–N with tert-alkyl or cyclic N) is 1. The van der Waals surface area contributed by atoms with Crippen molar-refractivity contribution in [2.75, 3.05) is 13.2 Å². The van der Waals surface area contributed by atoms with Crippen molar-refractivity contribution in [1.29, 1.82) is 0 Å². The predicted octanol–water partition coefficient (Wildman–Crippen LogP) is 3.34. The van der Waals surface area contributed by atoms with Crippen LogP contribution in [0.25, 0.3) is 0 Å². The first kappa shape index (κ1) is 21.9. The summed E-state index contributed by atoms with van der Waals surface area (Å²) >= 11 is 0. The number of unbranched alkanes of at least 4 members (excludes halogenated alkanes) is 1. The summed E-state index contributed by atoms with van der Waals surface area (Å²) in [6, 6.07) is 14.5. The molecule has 2 unspecified atom stereocenters. The Hall–Kier alpha value is -2.77. The van der Waals surface area contributed by atoms with Crippen LogP contribution in [0.1, 0.15) is 37.3 Å². The normalized spacial score (nSPS) is 19.8. The fourth-order valence-electron chi connectivity index (χ4n) is 3.63. The van der Waals surface area contributed by atoms with Gasteiger partial charge in [0.2, 0.25) is 0 Å². The Labute approximate surface area is 175 Å². The van der Waals surface area contributed by atoms with Crippen molar-refractivity contribution in [2.24, 2.45) is 0 Å². The minimum Gasteiger partial charge on any atom is -0.389 e. The van der Waals surface area contributed by atoms with Gasteiger partial charge in [0.1, 0.15) is 11.4 Å². The Morgan fingerprint density at radius 3 is 2.50 bits per heavy atom. The van der Waals surface area contributed by atoms with Crippen LogP contribution in [0.5, 0.6) is 0 Å². The Bertz CT molecular complexity index is 859. The lowest BCUT2D eigenvalue weighted by atomic mass is 9.84. The number of carbonyl (C=O) groups excluding carboxylic acids is 2. The average molecular weight is 414 g/mol. The lowest BCUT2D eigenvalue weighted by Crippen LogP contribution is -2.45. The Balaban J connectivity index is 1.67. The molecule has 0 aliphatic carbocycles. The van der Waals surface area contributed by atoms with Crippen LogP contribution in [0.4, 0.5) is 9.18 Å². The molecule has 1 aliphatic heterocycles. The fraction of sp³-hybridized carbons (Fsp3) is 0.391. The number of aliphatic hydroxyl groups excluding tert-OH is 1. The van der Waals surface area contributed by atoms with Gasteiger partial charge in [-0.1, -0.05) is 62.2 Å². The lowest BCUT2D eigenvalue weighted by Gasteiger charge is -2.27. The number of amides is 3. The molecular formula is C23H27FN2O4. The fourth-order valence-corrected chi connectivity index (χ4v) is 3.63. The highest BCUT2D eigenvalue weighted by atomic mass is 19.1. The largest absolute Gasteiger partial charge is 0.389 e. The number of benzene rings is 2.